The van der Waals surface area contributed by atoms with Crippen molar-refractivity contribution < 1.29 is 0 Å². The summed E-state index contributed by atoms with van der Waals surface area (Å²) in [6.45, 7) is 0. The minimum absolute atomic E-state index is 0.459. The quantitative estimate of drug-likeness (QED) is 0.291. The molecule has 12 heavy (non-hydrogen) atoms. The molecule has 0 aromatic carbocycles. The summed E-state index contributed by atoms with van der Waals surface area (Å²) in [5.41, 5.74) is 6.42. The molecule has 4 heteroatoms. The van der Waals surface area contributed by atoms with Crippen LogP contribution in [0.4, 0.5) is 0 Å². The number of amidine groups is 1. The number of hydrogen-bond donors (Lipinski definition) is 2. The summed E-state index contributed by atoms with van der Waals surface area (Å²) in [6.07, 6.45) is 3.20. The molecule has 1 aromatic rings. The van der Waals surface area contributed by atoms with Crippen LogP contribution in [0.25, 0.3) is 0 Å². The van der Waals surface area contributed by atoms with E-state index < -0.39 is 0 Å². The minimum atomic E-state index is 0.459. The number of nitrogens with two attached hydrogens (primary N) is 2. The number of rotatable bonds is 3. The van der Waals surface area contributed by atoms with E-state index in [1.54, 1.807) is 6.20 Å². The topological polar surface area (TPSA) is 77.3 Å². The zero-order valence-corrected chi connectivity index (χ0v) is 6.77. The first-order chi connectivity index (χ1) is 5.83. The van der Waals surface area contributed by atoms with Crippen LogP contribution in [-0.4, -0.2) is 10.8 Å². The second-order valence-electron chi connectivity index (χ2n) is 2.44. The van der Waals surface area contributed by atoms with Gasteiger partial charge in [0.1, 0.15) is 5.84 Å². The highest BCUT2D eigenvalue weighted by molar-refractivity contribution is 5.80. The van der Waals surface area contributed by atoms with Crippen molar-refractivity contribution in [1.29, 1.82) is 0 Å². The van der Waals surface area contributed by atoms with E-state index >= 15 is 0 Å². The number of hydrogen-bond acceptors (Lipinski definition) is 3. The van der Waals surface area contributed by atoms with Gasteiger partial charge in [-0.05, 0) is 18.6 Å². The molecule has 1 rings (SSSR count). The fourth-order valence-corrected chi connectivity index (χ4v) is 0.867. The van der Waals surface area contributed by atoms with E-state index in [1.807, 2.05) is 18.2 Å². The Balaban J connectivity index is 2.44. The van der Waals surface area contributed by atoms with Crippen molar-refractivity contribution in [2.75, 3.05) is 0 Å². The van der Waals surface area contributed by atoms with Gasteiger partial charge in [-0.2, -0.15) is 5.10 Å². The fourth-order valence-electron chi connectivity index (χ4n) is 0.867. The summed E-state index contributed by atoms with van der Waals surface area (Å²) in [4.78, 5) is 4.13. The molecule has 0 amide bonds. The van der Waals surface area contributed by atoms with Crippen LogP contribution in [0.3, 0.4) is 0 Å². The molecule has 0 aliphatic rings. The van der Waals surface area contributed by atoms with Gasteiger partial charge >= 0.3 is 0 Å². The summed E-state index contributed by atoms with van der Waals surface area (Å²) < 4.78 is 0. The second kappa shape index (κ2) is 4.33. The smallest absolute Gasteiger partial charge is 0.119 e. The lowest BCUT2D eigenvalue weighted by atomic mass is 10.2. The standard InChI is InChI=1S/C8H12N4/c9-8(12-10)5-4-7-3-1-2-6-11-7/h1-3,6H,4-5,10H2,(H2,9,12). The van der Waals surface area contributed by atoms with Crippen molar-refractivity contribution in [2.24, 2.45) is 16.7 Å². The Morgan fingerprint density at radius 1 is 1.50 bits per heavy atom. The first-order valence-corrected chi connectivity index (χ1v) is 3.75. The van der Waals surface area contributed by atoms with Crippen LogP contribution in [0.5, 0.6) is 0 Å². The zero-order valence-electron chi connectivity index (χ0n) is 6.77. The van der Waals surface area contributed by atoms with Crippen LogP contribution < -0.4 is 11.6 Å². The molecule has 4 nitrogen and oxygen atoms in total. The predicted octanol–water partition coefficient (Wildman–Crippen LogP) is 0.245. The Labute approximate surface area is 71.3 Å². The van der Waals surface area contributed by atoms with Crippen molar-refractivity contribution in [3.63, 3.8) is 0 Å². The van der Waals surface area contributed by atoms with Gasteiger partial charge < -0.3 is 11.6 Å². The maximum absolute atomic E-state index is 5.42. The van der Waals surface area contributed by atoms with Gasteiger partial charge in [0.25, 0.3) is 0 Å². The molecule has 1 heterocycles. The minimum Gasteiger partial charge on any atom is -0.386 e. The van der Waals surface area contributed by atoms with E-state index in [0.717, 1.165) is 12.1 Å². The Morgan fingerprint density at radius 3 is 2.92 bits per heavy atom. The molecule has 0 radical (unpaired) electrons. The summed E-state index contributed by atoms with van der Waals surface area (Å²) in [7, 11) is 0. The summed E-state index contributed by atoms with van der Waals surface area (Å²) in [6, 6.07) is 5.77. The van der Waals surface area contributed by atoms with Gasteiger partial charge in [0.2, 0.25) is 0 Å². The van der Waals surface area contributed by atoms with E-state index in [2.05, 4.69) is 10.1 Å². The first-order valence-electron chi connectivity index (χ1n) is 3.75. The Bertz CT molecular complexity index is 255. The normalized spacial score (nSPS) is 11.5. The van der Waals surface area contributed by atoms with E-state index in [4.69, 9.17) is 11.6 Å². The lowest BCUT2D eigenvalue weighted by Crippen LogP contribution is -2.14. The maximum Gasteiger partial charge on any atom is 0.119 e. The van der Waals surface area contributed by atoms with Gasteiger partial charge in [0, 0.05) is 18.3 Å². The highest BCUT2D eigenvalue weighted by Crippen LogP contribution is 1.97. The van der Waals surface area contributed by atoms with Gasteiger partial charge in [-0.25, -0.2) is 0 Å². The van der Waals surface area contributed by atoms with Crippen molar-refractivity contribution in [1.82, 2.24) is 4.98 Å². The molecule has 4 N–H and O–H groups in total. The molecule has 0 aliphatic carbocycles. The molecule has 0 aliphatic heterocycles. The van der Waals surface area contributed by atoms with Crippen molar-refractivity contribution >= 4 is 5.84 Å². The Hall–Kier alpha value is -1.58. The lowest BCUT2D eigenvalue weighted by Gasteiger charge is -1.98. The second-order valence-corrected chi connectivity index (χ2v) is 2.44. The third-order valence-electron chi connectivity index (χ3n) is 1.53. The molecule has 0 saturated carbocycles. The maximum atomic E-state index is 5.42. The summed E-state index contributed by atoms with van der Waals surface area (Å²) in [5.74, 6) is 5.44. The molecule has 64 valence electrons. The van der Waals surface area contributed by atoms with Crippen LogP contribution in [0.2, 0.25) is 0 Å². The fraction of sp³-hybridized carbons (Fsp3) is 0.250. The van der Waals surface area contributed by atoms with E-state index in [9.17, 15) is 0 Å². The third-order valence-corrected chi connectivity index (χ3v) is 1.53. The third kappa shape index (κ3) is 2.57. The van der Waals surface area contributed by atoms with Crippen molar-refractivity contribution in [2.45, 2.75) is 12.8 Å². The Kier molecular flexibility index (Phi) is 3.07. The van der Waals surface area contributed by atoms with Gasteiger partial charge in [-0.15, -0.1) is 0 Å². The van der Waals surface area contributed by atoms with Gasteiger partial charge in [-0.1, -0.05) is 6.07 Å². The SMILES string of the molecule is NN=C(N)CCc1ccccn1. The van der Waals surface area contributed by atoms with Crippen molar-refractivity contribution in [3.8, 4) is 0 Å². The summed E-state index contributed by atoms with van der Waals surface area (Å²) in [5, 5.41) is 3.37. The van der Waals surface area contributed by atoms with Crippen molar-refractivity contribution in [3.05, 3.63) is 30.1 Å². The molecule has 0 fully saturated rings. The van der Waals surface area contributed by atoms with Gasteiger partial charge in [0.05, 0.1) is 0 Å². The van der Waals surface area contributed by atoms with Crippen LogP contribution in [0.15, 0.2) is 29.5 Å². The van der Waals surface area contributed by atoms with Crippen LogP contribution in [0, 0.1) is 0 Å². The van der Waals surface area contributed by atoms with E-state index in [-0.39, 0.29) is 0 Å². The van der Waals surface area contributed by atoms with Crippen LogP contribution >= 0.6 is 0 Å². The highest BCUT2D eigenvalue weighted by atomic mass is 15.1. The van der Waals surface area contributed by atoms with E-state index in [1.165, 1.54) is 0 Å². The van der Waals surface area contributed by atoms with Crippen LogP contribution in [-0.2, 0) is 6.42 Å². The number of aromatic nitrogens is 1. The zero-order chi connectivity index (χ0) is 8.81. The average Bonchev–Trinajstić information content (AvgIpc) is 2.16. The summed E-state index contributed by atoms with van der Waals surface area (Å²) >= 11 is 0. The molecule has 0 spiro atoms. The molecule has 0 atom stereocenters. The predicted molar refractivity (Wildman–Crippen MR) is 48.4 cm³/mol. The van der Waals surface area contributed by atoms with Crippen LogP contribution in [0.1, 0.15) is 12.1 Å². The average molecular weight is 164 g/mol. The number of pyridine rings is 1. The molecule has 1 aromatic heterocycles. The molecular formula is C8H12N4. The molecule has 0 bridgehead atoms. The van der Waals surface area contributed by atoms with E-state index in [0.29, 0.717) is 12.3 Å². The first kappa shape index (κ1) is 8.52. The molecular weight excluding hydrogens is 152 g/mol. The molecule has 0 saturated heterocycles. The molecule has 0 unspecified atom stereocenters. The Morgan fingerprint density at radius 2 is 2.33 bits per heavy atom. The number of nitrogens with zero attached hydrogens (tertiary/aromatic N) is 2. The number of hydrazone groups is 1. The number of aryl methyl sites for hydroxylation is 1. The monoisotopic (exact) mass is 164 g/mol. The highest BCUT2D eigenvalue weighted by Gasteiger charge is 1.95. The lowest BCUT2D eigenvalue weighted by molar-refractivity contribution is 0.955. The van der Waals surface area contributed by atoms with Gasteiger partial charge in [0.15, 0.2) is 0 Å². The van der Waals surface area contributed by atoms with Gasteiger partial charge in [-0.3, -0.25) is 4.98 Å². The largest absolute Gasteiger partial charge is 0.386 e.